The standard InChI is InChI=1S/C46H68N8O11/c1-26(2)38(51-34(55)14-10-9-11-21-54-41(59)36-29-23-31(37(36)42(54)60)32(24-29)46(4,5)6)40(58)50-33(13-12-20-48-44(47)63)39(57)49-30-17-15-28(16-18-30)25-65-45(64)52(7)22-19-35(56)53(8)27(3)43(61)62/h15-18,24,26-27,29,31,33,36-38H,9-14,19-23,25H2,1-8H3,(H,49,57)(H,50,58)(H,51,55)(H,61,62)(H3,47,48,63)/t27-,29?,31?,33-,36?,37?,38-/m0/s1. The number of carboxylic acid groups (broad SMARTS) is 1. The molecule has 1 saturated carbocycles. The van der Waals surface area contributed by atoms with Gasteiger partial charge in [0.1, 0.15) is 24.7 Å². The number of rotatable bonds is 23. The third-order valence-corrected chi connectivity index (χ3v) is 12.6. The van der Waals surface area contributed by atoms with E-state index in [9.17, 15) is 43.2 Å². The molecule has 4 rings (SSSR count). The van der Waals surface area contributed by atoms with Crippen LogP contribution in [0.1, 0.15) is 98.5 Å². The van der Waals surface area contributed by atoms with Crippen LogP contribution < -0.4 is 27.0 Å². The van der Waals surface area contributed by atoms with Gasteiger partial charge in [-0.25, -0.2) is 14.4 Å². The summed E-state index contributed by atoms with van der Waals surface area (Å²) in [6.45, 7) is 11.7. The molecule has 7 atom stereocenters. The van der Waals surface area contributed by atoms with Gasteiger partial charge in [0.15, 0.2) is 0 Å². The van der Waals surface area contributed by atoms with Gasteiger partial charge < -0.3 is 46.6 Å². The van der Waals surface area contributed by atoms with Gasteiger partial charge in [-0.05, 0) is 79.9 Å². The van der Waals surface area contributed by atoms with E-state index in [1.807, 2.05) is 0 Å². The molecule has 7 N–H and O–H groups in total. The summed E-state index contributed by atoms with van der Waals surface area (Å²) in [4.78, 5) is 118. The van der Waals surface area contributed by atoms with Crippen molar-refractivity contribution in [3.8, 4) is 0 Å². The SMILES string of the molecule is CC(C)[C@H](NC(=O)CCCCCN1C(=O)C2C3C=C(C(C)(C)C)C(C3)C2C1=O)C(=O)N[C@@H](CCCNC(N)=O)C(=O)Nc1ccc(COC(=O)N(C)CCC(=O)N(C)[C@@H](C)C(=O)O)cc1. The molecule has 0 spiro atoms. The van der Waals surface area contributed by atoms with E-state index in [4.69, 9.17) is 15.6 Å². The lowest BCUT2D eigenvalue weighted by Crippen LogP contribution is -2.54. The number of nitrogens with one attached hydrogen (secondary N) is 4. The van der Waals surface area contributed by atoms with Crippen molar-refractivity contribution < 1.29 is 53.0 Å². The van der Waals surface area contributed by atoms with Crippen LogP contribution in [0.4, 0.5) is 15.3 Å². The van der Waals surface area contributed by atoms with Crippen molar-refractivity contribution in [3.05, 3.63) is 41.5 Å². The molecule has 4 unspecified atom stereocenters. The minimum absolute atomic E-state index is 0.00720. The van der Waals surface area contributed by atoms with E-state index in [1.165, 1.54) is 36.4 Å². The number of benzene rings is 1. The average molecular weight is 909 g/mol. The molecule has 0 aromatic heterocycles. The summed E-state index contributed by atoms with van der Waals surface area (Å²) in [6.07, 6.45) is 4.47. The number of carbonyl (C=O) groups is 9. The fourth-order valence-electron chi connectivity index (χ4n) is 8.75. The summed E-state index contributed by atoms with van der Waals surface area (Å²) in [5.74, 6) is -3.87. The molecule has 1 heterocycles. The second kappa shape index (κ2) is 22.7. The van der Waals surface area contributed by atoms with E-state index in [0.29, 0.717) is 37.1 Å². The largest absolute Gasteiger partial charge is 0.480 e. The predicted octanol–water partition coefficient (Wildman–Crippen LogP) is 3.37. The number of aliphatic carboxylic acids is 1. The van der Waals surface area contributed by atoms with Gasteiger partial charge in [-0.3, -0.25) is 33.7 Å². The number of carbonyl (C=O) groups excluding carboxylic acids is 8. The smallest absolute Gasteiger partial charge is 0.409 e. The molecule has 1 aliphatic heterocycles. The second-order valence-corrected chi connectivity index (χ2v) is 18.8. The van der Waals surface area contributed by atoms with Gasteiger partial charge in [0.2, 0.25) is 35.4 Å². The summed E-state index contributed by atoms with van der Waals surface area (Å²) < 4.78 is 5.34. The fourth-order valence-corrected chi connectivity index (χ4v) is 8.75. The molecule has 3 aliphatic rings. The predicted molar refractivity (Wildman–Crippen MR) is 239 cm³/mol. The van der Waals surface area contributed by atoms with Gasteiger partial charge in [-0.2, -0.15) is 0 Å². The van der Waals surface area contributed by atoms with Crippen molar-refractivity contribution in [2.45, 2.75) is 118 Å². The minimum atomic E-state index is -1.14. The molecular formula is C46H68N8O11. The van der Waals surface area contributed by atoms with Crippen molar-refractivity contribution in [1.82, 2.24) is 30.7 Å². The number of amides is 9. The van der Waals surface area contributed by atoms with Gasteiger partial charge in [-0.15, -0.1) is 0 Å². The summed E-state index contributed by atoms with van der Waals surface area (Å²) in [6, 6.07) is 2.65. The number of likely N-dealkylation sites (N-methyl/N-ethyl adjacent to an activating group) is 1. The summed E-state index contributed by atoms with van der Waals surface area (Å²) in [5.41, 5.74) is 7.39. The van der Waals surface area contributed by atoms with Gasteiger partial charge >= 0.3 is 18.1 Å². The molecule has 19 heteroatoms. The van der Waals surface area contributed by atoms with E-state index in [0.717, 1.165) is 11.3 Å². The zero-order valence-electron chi connectivity index (χ0n) is 38.9. The quantitative estimate of drug-likeness (QED) is 0.0527. The molecule has 9 amide bonds. The number of anilines is 1. The van der Waals surface area contributed by atoms with E-state index < -0.39 is 53.9 Å². The van der Waals surface area contributed by atoms with Gasteiger partial charge in [-0.1, -0.05) is 64.8 Å². The maximum atomic E-state index is 13.6. The Hall–Kier alpha value is -6.01. The normalized spacial score (nSPS) is 20.0. The first-order valence-electron chi connectivity index (χ1n) is 22.5. The molecule has 2 aliphatic carbocycles. The molecule has 1 aromatic carbocycles. The molecule has 2 fully saturated rings. The number of nitrogens with zero attached hydrogens (tertiary/aromatic N) is 3. The lowest BCUT2D eigenvalue weighted by molar-refractivity contribution is -0.148. The Morgan fingerprint density at radius 2 is 1.55 bits per heavy atom. The molecule has 65 heavy (non-hydrogen) atoms. The number of unbranched alkanes of at least 4 members (excludes halogenated alkanes) is 2. The second-order valence-electron chi connectivity index (χ2n) is 18.8. The monoisotopic (exact) mass is 909 g/mol. The number of allylic oxidation sites excluding steroid dienone is 2. The lowest BCUT2D eigenvalue weighted by Gasteiger charge is -2.31. The number of fused-ring (bicyclic) bond motifs is 5. The Kier molecular flexibility index (Phi) is 18.1. The van der Waals surface area contributed by atoms with Crippen LogP contribution in [0.5, 0.6) is 0 Å². The number of imide groups is 1. The highest BCUT2D eigenvalue weighted by atomic mass is 16.6. The maximum Gasteiger partial charge on any atom is 0.409 e. The highest BCUT2D eigenvalue weighted by molar-refractivity contribution is 6.06. The number of nitrogens with two attached hydrogens (primary N) is 1. The number of primary amides is 1. The third kappa shape index (κ3) is 13.7. The Balaban J connectivity index is 1.24. The van der Waals surface area contributed by atoms with Crippen LogP contribution in [-0.2, 0) is 44.9 Å². The van der Waals surface area contributed by atoms with Crippen LogP contribution in [0, 0.1) is 35.0 Å². The van der Waals surface area contributed by atoms with Gasteiger partial charge in [0.05, 0.1) is 11.8 Å². The van der Waals surface area contributed by atoms with Crippen molar-refractivity contribution >= 4 is 59.2 Å². The zero-order chi connectivity index (χ0) is 48.3. The van der Waals surface area contributed by atoms with Crippen molar-refractivity contribution in [2.24, 2.45) is 40.7 Å². The Labute approximate surface area is 381 Å². The fraction of sp³-hybridized carbons (Fsp3) is 0.630. The van der Waals surface area contributed by atoms with Gasteiger partial charge in [0.25, 0.3) is 0 Å². The van der Waals surface area contributed by atoms with Gasteiger partial charge in [0, 0.05) is 52.3 Å². The first kappa shape index (κ1) is 51.6. The Morgan fingerprint density at radius 1 is 0.892 bits per heavy atom. The third-order valence-electron chi connectivity index (χ3n) is 12.6. The number of likely N-dealkylation sites (tertiary alicyclic amines) is 1. The number of urea groups is 1. The lowest BCUT2D eigenvalue weighted by atomic mass is 9.72. The summed E-state index contributed by atoms with van der Waals surface area (Å²) >= 11 is 0. The summed E-state index contributed by atoms with van der Waals surface area (Å²) in [7, 11) is 2.82. The van der Waals surface area contributed by atoms with Crippen LogP contribution in [0.3, 0.4) is 0 Å². The molecule has 1 saturated heterocycles. The summed E-state index contributed by atoms with van der Waals surface area (Å²) in [5, 5.41) is 19.9. The van der Waals surface area contributed by atoms with E-state index >= 15 is 0 Å². The molecule has 1 aromatic rings. The van der Waals surface area contributed by atoms with E-state index in [1.54, 1.807) is 38.1 Å². The van der Waals surface area contributed by atoms with Crippen molar-refractivity contribution in [3.63, 3.8) is 0 Å². The first-order chi connectivity index (χ1) is 30.5. The van der Waals surface area contributed by atoms with E-state index in [-0.39, 0.29) is 98.1 Å². The zero-order valence-corrected chi connectivity index (χ0v) is 38.9. The molecule has 2 bridgehead atoms. The highest BCUT2D eigenvalue weighted by Crippen LogP contribution is 2.58. The van der Waals surface area contributed by atoms with Crippen molar-refractivity contribution in [1.29, 1.82) is 0 Å². The number of ether oxygens (including phenoxy) is 1. The van der Waals surface area contributed by atoms with Crippen LogP contribution in [0.25, 0.3) is 0 Å². The molecular weight excluding hydrogens is 841 g/mol. The average Bonchev–Trinajstić information content (AvgIpc) is 3.92. The molecule has 358 valence electrons. The minimum Gasteiger partial charge on any atom is -0.480 e. The van der Waals surface area contributed by atoms with Crippen molar-refractivity contribution in [2.75, 3.05) is 39.0 Å². The van der Waals surface area contributed by atoms with Crippen LogP contribution in [-0.4, -0.2) is 125 Å². The van der Waals surface area contributed by atoms with Crippen LogP contribution in [0.2, 0.25) is 0 Å². The van der Waals surface area contributed by atoms with E-state index in [2.05, 4.69) is 48.1 Å². The Bertz CT molecular complexity index is 1980. The topological polar surface area (TPSA) is 267 Å². The highest BCUT2D eigenvalue weighted by Gasteiger charge is 2.62. The van der Waals surface area contributed by atoms with Crippen LogP contribution >= 0.6 is 0 Å². The number of carboxylic acids is 1. The Morgan fingerprint density at radius 3 is 2.17 bits per heavy atom. The first-order valence-corrected chi connectivity index (χ1v) is 22.5. The maximum absolute atomic E-state index is 13.6. The number of hydrogen-bond acceptors (Lipinski definition) is 10. The molecule has 0 radical (unpaired) electrons. The molecule has 19 nitrogen and oxygen atoms in total. The number of hydrogen-bond donors (Lipinski definition) is 6. The van der Waals surface area contributed by atoms with Crippen LogP contribution in [0.15, 0.2) is 35.9 Å².